The Morgan fingerprint density at radius 2 is 2.18 bits per heavy atom. The van der Waals surface area contributed by atoms with E-state index >= 15 is 0 Å². The van der Waals surface area contributed by atoms with Gasteiger partial charge in [-0.15, -0.1) is 11.8 Å². The first-order valence-electron chi connectivity index (χ1n) is 5.84. The van der Waals surface area contributed by atoms with Crippen LogP contribution in [0.2, 0.25) is 0 Å². The molecule has 88 valence electrons. The molecule has 0 saturated carbocycles. The molecule has 0 amide bonds. The largest absolute Gasteiger partial charge is 0.326 e. The van der Waals surface area contributed by atoms with E-state index in [1.54, 1.807) is 11.3 Å². The van der Waals surface area contributed by atoms with Gasteiger partial charge < -0.3 is 5.73 Å². The van der Waals surface area contributed by atoms with Crippen molar-refractivity contribution in [1.29, 1.82) is 0 Å². The molecule has 0 saturated heterocycles. The summed E-state index contributed by atoms with van der Waals surface area (Å²) in [6.45, 7) is 0. The zero-order valence-corrected chi connectivity index (χ0v) is 11.1. The van der Waals surface area contributed by atoms with Gasteiger partial charge in [0.05, 0.1) is 0 Å². The van der Waals surface area contributed by atoms with Crippen molar-refractivity contribution < 1.29 is 0 Å². The lowest BCUT2D eigenvalue weighted by molar-refractivity contribution is 0.633. The van der Waals surface area contributed by atoms with Gasteiger partial charge in [0, 0.05) is 16.2 Å². The zero-order chi connectivity index (χ0) is 11.7. The lowest BCUT2D eigenvalue weighted by atomic mass is 10.0. The molecule has 0 fully saturated rings. The fraction of sp³-hybridized carbons (Fsp3) is 0.286. The molecule has 0 radical (unpaired) electrons. The number of fused-ring (bicyclic) bond motifs is 1. The van der Waals surface area contributed by atoms with Crippen LogP contribution in [-0.2, 0) is 12.8 Å². The van der Waals surface area contributed by atoms with E-state index in [1.165, 1.54) is 16.0 Å². The number of benzene rings is 1. The number of nitrogens with two attached hydrogens (primary N) is 1. The van der Waals surface area contributed by atoms with Gasteiger partial charge >= 0.3 is 0 Å². The normalized spacial score (nSPS) is 20.2. The van der Waals surface area contributed by atoms with Crippen LogP contribution in [0.3, 0.4) is 0 Å². The molecule has 17 heavy (non-hydrogen) atoms. The summed E-state index contributed by atoms with van der Waals surface area (Å²) in [6.07, 6.45) is 2.11. The van der Waals surface area contributed by atoms with Crippen LogP contribution in [0, 0.1) is 0 Å². The second kappa shape index (κ2) is 4.84. The summed E-state index contributed by atoms with van der Waals surface area (Å²) in [7, 11) is 0. The highest BCUT2D eigenvalue weighted by atomic mass is 32.2. The smallest absolute Gasteiger partial charge is 0.0290 e. The van der Waals surface area contributed by atoms with Crippen molar-refractivity contribution in [2.75, 3.05) is 0 Å². The van der Waals surface area contributed by atoms with Crippen molar-refractivity contribution in [3.63, 3.8) is 0 Å². The summed E-state index contributed by atoms with van der Waals surface area (Å²) < 4.78 is 0. The summed E-state index contributed by atoms with van der Waals surface area (Å²) in [6, 6.07) is 11.1. The van der Waals surface area contributed by atoms with Crippen LogP contribution in [0.15, 0.2) is 46.0 Å². The molecule has 1 aliphatic rings. The quantitative estimate of drug-likeness (QED) is 0.917. The first-order chi connectivity index (χ1) is 8.33. The van der Waals surface area contributed by atoms with Crippen LogP contribution >= 0.6 is 23.1 Å². The lowest BCUT2D eigenvalue weighted by Gasteiger charge is -2.17. The van der Waals surface area contributed by atoms with E-state index in [0.29, 0.717) is 5.25 Å². The second-order valence-electron chi connectivity index (χ2n) is 4.47. The molecule has 2 unspecified atom stereocenters. The number of thiophene rings is 1. The molecular formula is C14H15NS2. The average molecular weight is 261 g/mol. The Kier molecular flexibility index (Phi) is 3.23. The SMILES string of the molecule is NC(Cc1ccsc1)C1Cc2ccccc2S1. The molecule has 3 rings (SSSR count). The van der Waals surface area contributed by atoms with Gasteiger partial charge in [-0.3, -0.25) is 0 Å². The third kappa shape index (κ3) is 2.41. The van der Waals surface area contributed by atoms with E-state index in [-0.39, 0.29) is 6.04 Å². The highest BCUT2D eigenvalue weighted by Crippen LogP contribution is 2.38. The zero-order valence-electron chi connectivity index (χ0n) is 9.50. The van der Waals surface area contributed by atoms with E-state index in [9.17, 15) is 0 Å². The third-order valence-electron chi connectivity index (χ3n) is 3.20. The molecule has 1 aliphatic heterocycles. The van der Waals surface area contributed by atoms with E-state index in [0.717, 1.165) is 12.8 Å². The number of rotatable bonds is 3. The summed E-state index contributed by atoms with van der Waals surface area (Å²) in [4.78, 5) is 1.42. The van der Waals surface area contributed by atoms with Crippen LogP contribution < -0.4 is 5.73 Å². The Balaban J connectivity index is 1.68. The predicted molar refractivity (Wildman–Crippen MR) is 75.8 cm³/mol. The molecule has 0 aliphatic carbocycles. The van der Waals surface area contributed by atoms with E-state index in [4.69, 9.17) is 5.73 Å². The minimum atomic E-state index is 0.252. The van der Waals surface area contributed by atoms with Crippen molar-refractivity contribution in [3.8, 4) is 0 Å². The van der Waals surface area contributed by atoms with Crippen molar-refractivity contribution >= 4 is 23.1 Å². The summed E-state index contributed by atoms with van der Waals surface area (Å²) in [5.41, 5.74) is 9.17. The highest BCUT2D eigenvalue weighted by Gasteiger charge is 2.27. The molecule has 0 spiro atoms. The minimum absolute atomic E-state index is 0.252. The molecule has 3 heteroatoms. The fourth-order valence-corrected chi connectivity index (χ4v) is 4.26. The van der Waals surface area contributed by atoms with Crippen molar-refractivity contribution in [3.05, 3.63) is 52.2 Å². The van der Waals surface area contributed by atoms with Gasteiger partial charge in [-0.1, -0.05) is 18.2 Å². The van der Waals surface area contributed by atoms with Gasteiger partial charge in [0.1, 0.15) is 0 Å². The number of hydrogen-bond acceptors (Lipinski definition) is 3. The first kappa shape index (κ1) is 11.3. The maximum atomic E-state index is 6.33. The number of thioether (sulfide) groups is 1. The van der Waals surface area contributed by atoms with Gasteiger partial charge in [-0.25, -0.2) is 0 Å². The maximum Gasteiger partial charge on any atom is 0.0290 e. The maximum absolute atomic E-state index is 6.33. The molecule has 2 heterocycles. The lowest BCUT2D eigenvalue weighted by Crippen LogP contribution is -2.34. The van der Waals surface area contributed by atoms with E-state index in [1.807, 2.05) is 11.8 Å². The monoisotopic (exact) mass is 261 g/mol. The van der Waals surface area contributed by atoms with Crippen LogP contribution in [0.4, 0.5) is 0 Å². The first-order valence-corrected chi connectivity index (χ1v) is 7.66. The molecule has 1 aromatic heterocycles. The van der Waals surface area contributed by atoms with Crippen LogP contribution in [0.25, 0.3) is 0 Å². The molecular weight excluding hydrogens is 246 g/mol. The summed E-state index contributed by atoms with van der Waals surface area (Å²) in [5, 5.41) is 4.86. The molecule has 0 bridgehead atoms. The Bertz CT molecular complexity index is 468. The van der Waals surface area contributed by atoms with Crippen LogP contribution in [-0.4, -0.2) is 11.3 Å². The molecule has 2 aromatic rings. The highest BCUT2D eigenvalue weighted by molar-refractivity contribution is 8.00. The minimum Gasteiger partial charge on any atom is -0.326 e. The van der Waals surface area contributed by atoms with Crippen molar-refractivity contribution in [2.45, 2.75) is 29.0 Å². The Morgan fingerprint density at radius 3 is 2.94 bits per heavy atom. The molecule has 1 nitrogen and oxygen atoms in total. The topological polar surface area (TPSA) is 26.0 Å². The van der Waals surface area contributed by atoms with Gasteiger partial charge in [0.2, 0.25) is 0 Å². The van der Waals surface area contributed by atoms with Gasteiger partial charge in [0.25, 0.3) is 0 Å². The molecule has 2 N–H and O–H groups in total. The van der Waals surface area contributed by atoms with Crippen LogP contribution in [0.1, 0.15) is 11.1 Å². The van der Waals surface area contributed by atoms with Gasteiger partial charge in [-0.2, -0.15) is 11.3 Å². The van der Waals surface area contributed by atoms with E-state index in [2.05, 4.69) is 41.1 Å². The Labute approximate surface area is 110 Å². The third-order valence-corrected chi connectivity index (χ3v) is 5.40. The summed E-state index contributed by atoms with van der Waals surface area (Å²) >= 11 is 3.69. The van der Waals surface area contributed by atoms with Gasteiger partial charge in [0.15, 0.2) is 0 Å². The molecule has 1 aromatic carbocycles. The van der Waals surface area contributed by atoms with E-state index < -0.39 is 0 Å². The van der Waals surface area contributed by atoms with Crippen molar-refractivity contribution in [2.24, 2.45) is 5.73 Å². The predicted octanol–water partition coefficient (Wildman–Crippen LogP) is 3.33. The van der Waals surface area contributed by atoms with Crippen LogP contribution in [0.5, 0.6) is 0 Å². The standard InChI is InChI=1S/C14H15NS2/c15-12(7-10-5-6-16-9-10)14-8-11-3-1-2-4-13(11)17-14/h1-6,9,12,14H,7-8,15H2. The number of hydrogen-bond donors (Lipinski definition) is 1. The molecule has 2 atom stereocenters. The van der Waals surface area contributed by atoms with Crippen molar-refractivity contribution in [1.82, 2.24) is 0 Å². The summed E-state index contributed by atoms with van der Waals surface area (Å²) in [5.74, 6) is 0. The van der Waals surface area contributed by atoms with Gasteiger partial charge in [-0.05, 0) is 46.9 Å². The second-order valence-corrected chi connectivity index (χ2v) is 6.53. The fourth-order valence-electron chi connectivity index (χ4n) is 2.26. The Morgan fingerprint density at radius 1 is 1.29 bits per heavy atom. The average Bonchev–Trinajstić information content (AvgIpc) is 2.96. The Hall–Kier alpha value is -0.770.